The minimum absolute atomic E-state index is 0.00724. The van der Waals surface area contributed by atoms with Crippen molar-refractivity contribution in [3.63, 3.8) is 0 Å². The second-order valence-corrected chi connectivity index (χ2v) is 10.5. The number of fused-ring (bicyclic) bond motifs is 3. The fourth-order valence-electron chi connectivity index (χ4n) is 5.62. The van der Waals surface area contributed by atoms with Crippen molar-refractivity contribution in [1.82, 2.24) is 10.2 Å². The summed E-state index contributed by atoms with van der Waals surface area (Å²) in [5.74, 6) is 0.863. The number of ether oxygens (including phenoxy) is 1. The normalized spacial score (nSPS) is 14.5. The highest BCUT2D eigenvalue weighted by Crippen LogP contribution is 2.38. The van der Waals surface area contributed by atoms with E-state index in [1.54, 1.807) is 12.7 Å². The number of hydrogen-bond donors (Lipinski definition) is 1. The van der Waals surface area contributed by atoms with Crippen LogP contribution in [0.3, 0.4) is 0 Å². The summed E-state index contributed by atoms with van der Waals surface area (Å²) in [6.07, 6.45) is 7.69. The quantitative estimate of drug-likeness (QED) is 0.267. The predicted octanol–water partition coefficient (Wildman–Crippen LogP) is 7.22. The van der Waals surface area contributed by atoms with E-state index in [2.05, 4.69) is 96.1 Å². The van der Waals surface area contributed by atoms with Crippen molar-refractivity contribution in [2.45, 2.75) is 26.2 Å². The molecule has 0 aromatic heterocycles. The Morgan fingerprint density at radius 2 is 1.50 bits per heavy atom. The topological polar surface area (TPSA) is 41.6 Å². The molecule has 0 saturated carbocycles. The molecule has 0 unspecified atom stereocenters. The molecular weight excluding hydrogens is 492 g/mol. The molecule has 2 aliphatic rings. The fourth-order valence-corrected chi connectivity index (χ4v) is 5.62. The molecule has 40 heavy (non-hydrogen) atoms. The Morgan fingerprint density at radius 1 is 0.850 bits per heavy atom. The molecule has 0 spiro atoms. The highest BCUT2D eigenvalue weighted by atomic mass is 16.5. The molecule has 1 amide bonds. The van der Waals surface area contributed by atoms with Gasteiger partial charge in [-0.05, 0) is 82.6 Å². The number of methoxy groups -OCH3 is 1. The monoisotopic (exact) mass is 530 g/mol. The van der Waals surface area contributed by atoms with Gasteiger partial charge in [-0.3, -0.25) is 4.79 Å². The molecule has 1 aliphatic carbocycles. The number of piperidine rings is 1. The zero-order valence-electron chi connectivity index (χ0n) is 23.7. The number of rotatable bonds is 4. The van der Waals surface area contributed by atoms with Gasteiger partial charge in [-0.2, -0.15) is 0 Å². The molecule has 204 valence electrons. The third-order valence-electron chi connectivity index (χ3n) is 7.79. The van der Waals surface area contributed by atoms with Crippen LogP contribution in [0.2, 0.25) is 0 Å². The minimum Gasteiger partial charge on any atom is -0.497 e. The fraction of sp³-hybridized carbons (Fsp3) is 0.250. The van der Waals surface area contributed by atoms with Crippen molar-refractivity contribution in [3.05, 3.63) is 118 Å². The van der Waals surface area contributed by atoms with Crippen LogP contribution in [0.4, 0.5) is 0 Å². The molecule has 1 fully saturated rings. The summed E-state index contributed by atoms with van der Waals surface area (Å²) in [5.41, 5.74) is 9.76. The minimum atomic E-state index is 0.00724. The van der Waals surface area contributed by atoms with E-state index in [1.807, 2.05) is 18.2 Å². The van der Waals surface area contributed by atoms with E-state index in [1.165, 1.54) is 63.9 Å². The maximum atomic E-state index is 10.9. The maximum absolute atomic E-state index is 10.9. The van der Waals surface area contributed by atoms with Crippen LogP contribution in [0.1, 0.15) is 47.6 Å². The van der Waals surface area contributed by atoms with Crippen LogP contribution >= 0.6 is 0 Å². The second-order valence-electron chi connectivity index (χ2n) is 10.5. The van der Waals surface area contributed by atoms with Gasteiger partial charge in [0.1, 0.15) is 5.75 Å². The van der Waals surface area contributed by atoms with Gasteiger partial charge in [0.25, 0.3) is 0 Å². The first-order chi connectivity index (χ1) is 19.5. The van der Waals surface area contributed by atoms with Gasteiger partial charge in [-0.25, -0.2) is 0 Å². The van der Waals surface area contributed by atoms with Crippen LogP contribution in [0.25, 0.3) is 28.5 Å². The van der Waals surface area contributed by atoms with Crippen LogP contribution in [-0.4, -0.2) is 44.6 Å². The van der Waals surface area contributed by atoms with Gasteiger partial charge in [0.15, 0.2) is 0 Å². The summed E-state index contributed by atoms with van der Waals surface area (Å²) >= 11 is 0. The zero-order valence-corrected chi connectivity index (χ0v) is 23.7. The standard InChI is InChI=1S/C21H21N.C15H17NO2/c1-22-14-12-18(13-15-22)21-19-8-4-2-6-16(19)10-11-17-7-3-5-9-20(17)21;1-11(17)16-9-8-13-5-3-4-12-6-7-14(18-2)10-15(12)13/h2-11H,12-15H2,1H3;3-7,10H,8-9H2,1-2H3,(H,16,17). The van der Waals surface area contributed by atoms with Gasteiger partial charge >= 0.3 is 0 Å². The smallest absolute Gasteiger partial charge is 0.216 e. The first-order valence-electron chi connectivity index (χ1n) is 14.1. The molecule has 1 N–H and O–H groups in total. The van der Waals surface area contributed by atoms with Crippen LogP contribution in [-0.2, 0) is 11.2 Å². The number of carbonyl (C=O) groups is 1. The molecule has 4 aromatic carbocycles. The highest BCUT2D eigenvalue weighted by molar-refractivity contribution is 5.95. The Balaban J connectivity index is 0.000000165. The van der Waals surface area contributed by atoms with Crippen molar-refractivity contribution in [1.29, 1.82) is 0 Å². The molecule has 4 heteroatoms. The summed E-state index contributed by atoms with van der Waals surface area (Å²) in [7, 11) is 3.89. The van der Waals surface area contributed by atoms with Crippen LogP contribution < -0.4 is 10.1 Å². The van der Waals surface area contributed by atoms with Crippen molar-refractivity contribution in [2.24, 2.45) is 0 Å². The van der Waals surface area contributed by atoms with Crippen molar-refractivity contribution in [2.75, 3.05) is 33.8 Å². The van der Waals surface area contributed by atoms with Gasteiger partial charge in [0.2, 0.25) is 5.91 Å². The molecule has 1 saturated heterocycles. The Labute approximate surface area is 238 Å². The molecule has 6 rings (SSSR count). The van der Waals surface area contributed by atoms with Gasteiger partial charge in [-0.1, -0.05) is 90.5 Å². The van der Waals surface area contributed by atoms with Crippen molar-refractivity contribution < 1.29 is 9.53 Å². The largest absolute Gasteiger partial charge is 0.497 e. The van der Waals surface area contributed by atoms with E-state index in [0.29, 0.717) is 6.54 Å². The third kappa shape index (κ3) is 6.35. The lowest BCUT2D eigenvalue weighted by Crippen LogP contribution is -2.27. The lowest BCUT2D eigenvalue weighted by Gasteiger charge is -2.27. The van der Waals surface area contributed by atoms with Crippen LogP contribution in [0, 0.1) is 0 Å². The molecular formula is C36H38N2O2. The number of benzene rings is 4. The molecule has 4 nitrogen and oxygen atoms in total. The van der Waals surface area contributed by atoms with Crippen LogP contribution in [0.5, 0.6) is 5.75 Å². The number of amides is 1. The van der Waals surface area contributed by atoms with Gasteiger partial charge in [-0.15, -0.1) is 0 Å². The summed E-state index contributed by atoms with van der Waals surface area (Å²) in [6.45, 7) is 4.52. The van der Waals surface area contributed by atoms with Gasteiger partial charge < -0.3 is 15.0 Å². The van der Waals surface area contributed by atoms with E-state index in [-0.39, 0.29) is 5.91 Å². The van der Waals surface area contributed by atoms with Crippen LogP contribution in [0.15, 0.2) is 90.5 Å². The van der Waals surface area contributed by atoms with Gasteiger partial charge in [0.05, 0.1) is 7.11 Å². The van der Waals surface area contributed by atoms with E-state index >= 15 is 0 Å². The predicted molar refractivity (Wildman–Crippen MR) is 167 cm³/mol. The van der Waals surface area contributed by atoms with E-state index in [4.69, 9.17) is 4.74 Å². The molecule has 1 aliphatic heterocycles. The summed E-state index contributed by atoms with van der Waals surface area (Å²) in [4.78, 5) is 13.3. The molecule has 0 bridgehead atoms. The first-order valence-corrected chi connectivity index (χ1v) is 14.1. The number of nitrogens with zero attached hydrogens (tertiary/aromatic N) is 1. The van der Waals surface area contributed by atoms with Crippen molar-refractivity contribution in [3.8, 4) is 5.75 Å². The van der Waals surface area contributed by atoms with E-state index < -0.39 is 0 Å². The molecule has 1 heterocycles. The lowest BCUT2D eigenvalue weighted by molar-refractivity contribution is -0.118. The molecule has 4 aromatic rings. The first kappa shape index (κ1) is 27.4. The number of carbonyl (C=O) groups excluding carboxylic acids is 1. The summed E-state index contributed by atoms with van der Waals surface area (Å²) in [5, 5.41) is 5.19. The van der Waals surface area contributed by atoms with E-state index in [9.17, 15) is 4.79 Å². The Hall–Kier alpha value is -4.15. The summed E-state index contributed by atoms with van der Waals surface area (Å²) < 4.78 is 5.25. The third-order valence-corrected chi connectivity index (χ3v) is 7.79. The zero-order chi connectivity index (χ0) is 27.9. The number of nitrogens with one attached hydrogen (secondary N) is 1. The Morgan fingerprint density at radius 3 is 2.12 bits per heavy atom. The SMILES string of the molecule is CN1CCC(=C2c3ccccc3C=Cc3ccccc32)CC1.COc1ccc2cccc(CCNC(C)=O)c2c1. The van der Waals surface area contributed by atoms with Crippen molar-refractivity contribution >= 4 is 34.4 Å². The highest BCUT2D eigenvalue weighted by Gasteiger charge is 2.21. The molecule has 0 radical (unpaired) electrons. The lowest BCUT2D eigenvalue weighted by atomic mass is 9.86. The van der Waals surface area contributed by atoms with E-state index in [0.717, 1.165) is 25.3 Å². The number of likely N-dealkylation sites (tertiary alicyclic amines) is 1. The maximum Gasteiger partial charge on any atom is 0.216 e. The average molecular weight is 531 g/mol. The second kappa shape index (κ2) is 12.8. The number of hydrogen-bond acceptors (Lipinski definition) is 3. The Kier molecular flexibility index (Phi) is 8.78. The Bertz CT molecular complexity index is 1500. The van der Waals surface area contributed by atoms with Gasteiger partial charge in [0, 0.05) is 26.6 Å². The summed E-state index contributed by atoms with van der Waals surface area (Å²) in [6, 6.07) is 29.9. The average Bonchev–Trinajstić information content (AvgIpc) is 3.15. The molecule has 0 atom stereocenters.